The molecule has 0 spiro atoms. The number of aryl methyl sites for hydroxylation is 2. The largest absolute Gasteiger partial charge is 0.354 e. The maximum atomic E-state index is 6.13. The number of nitrogens with zero attached hydrogens (tertiary/aromatic N) is 3. The van der Waals surface area contributed by atoms with Gasteiger partial charge in [-0.05, 0) is 44.4 Å². The summed E-state index contributed by atoms with van der Waals surface area (Å²) in [4.78, 5) is 12.6. The van der Waals surface area contributed by atoms with Crippen LogP contribution in [0, 0.1) is 13.8 Å². The highest BCUT2D eigenvalue weighted by atomic mass is 35.5. The number of thiazole rings is 1. The highest BCUT2D eigenvalue weighted by Crippen LogP contribution is 2.24. The molecule has 3 rings (SSSR count). The highest BCUT2D eigenvalue weighted by molar-refractivity contribution is 7.11. The molecule has 0 saturated carbocycles. The van der Waals surface area contributed by atoms with Crippen molar-refractivity contribution in [1.29, 1.82) is 0 Å². The van der Waals surface area contributed by atoms with E-state index in [0.29, 0.717) is 16.1 Å². The lowest BCUT2D eigenvalue weighted by atomic mass is 10.0. The molecular formula is C20H27Cl2N5S. The Morgan fingerprint density at radius 2 is 2.00 bits per heavy atom. The number of halogens is 2. The molecule has 1 aromatic heterocycles. The van der Waals surface area contributed by atoms with E-state index in [1.165, 1.54) is 10.4 Å². The van der Waals surface area contributed by atoms with Crippen LogP contribution in [-0.4, -0.2) is 42.0 Å². The molecule has 2 N–H and O–H groups in total. The van der Waals surface area contributed by atoms with Crippen LogP contribution in [0.5, 0.6) is 0 Å². The molecule has 0 unspecified atom stereocenters. The predicted octanol–water partition coefficient (Wildman–Crippen LogP) is 4.40. The topological polar surface area (TPSA) is 52.6 Å². The van der Waals surface area contributed by atoms with Crippen LogP contribution in [0.4, 0.5) is 0 Å². The van der Waals surface area contributed by atoms with Crippen molar-refractivity contribution in [2.75, 3.05) is 20.1 Å². The summed E-state index contributed by atoms with van der Waals surface area (Å²) in [6, 6.07) is 6.31. The van der Waals surface area contributed by atoms with Crippen molar-refractivity contribution < 1.29 is 0 Å². The van der Waals surface area contributed by atoms with Crippen molar-refractivity contribution in [1.82, 2.24) is 20.5 Å². The van der Waals surface area contributed by atoms with Gasteiger partial charge in [-0.15, -0.1) is 11.3 Å². The lowest BCUT2D eigenvalue weighted by Crippen LogP contribution is -2.48. The molecule has 1 aromatic carbocycles. The maximum absolute atomic E-state index is 6.13. The van der Waals surface area contributed by atoms with Crippen LogP contribution < -0.4 is 10.6 Å². The molecule has 0 radical (unpaired) electrons. The van der Waals surface area contributed by atoms with Gasteiger partial charge >= 0.3 is 0 Å². The predicted molar refractivity (Wildman–Crippen MR) is 120 cm³/mol. The van der Waals surface area contributed by atoms with Crippen molar-refractivity contribution in [3.05, 3.63) is 49.4 Å². The van der Waals surface area contributed by atoms with E-state index in [9.17, 15) is 0 Å². The summed E-state index contributed by atoms with van der Waals surface area (Å²) in [5, 5.41) is 9.31. The molecule has 5 nitrogen and oxygen atoms in total. The zero-order valence-corrected chi connectivity index (χ0v) is 18.9. The number of aromatic nitrogens is 1. The summed E-state index contributed by atoms with van der Waals surface area (Å²) in [5.74, 6) is 0.855. The quantitative estimate of drug-likeness (QED) is 0.535. The molecule has 0 atom stereocenters. The second-order valence-electron chi connectivity index (χ2n) is 7.11. The van der Waals surface area contributed by atoms with Gasteiger partial charge in [0.1, 0.15) is 0 Å². The minimum absolute atomic E-state index is 0.431. The fourth-order valence-electron chi connectivity index (χ4n) is 3.42. The Hall–Kier alpha value is -1.34. The lowest BCUT2D eigenvalue weighted by Gasteiger charge is -2.33. The van der Waals surface area contributed by atoms with E-state index in [4.69, 9.17) is 23.2 Å². The van der Waals surface area contributed by atoms with Gasteiger partial charge in [-0.2, -0.15) is 0 Å². The number of benzene rings is 1. The van der Waals surface area contributed by atoms with E-state index in [2.05, 4.69) is 32.4 Å². The number of rotatable bonds is 5. The Morgan fingerprint density at radius 3 is 2.61 bits per heavy atom. The summed E-state index contributed by atoms with van der Waals surface area (Å²) >= 11 is 13.9. The van der Waals surface area contributed by atoms with Crippen LogP contribution >= 0.6 is 34.5 Å². The fourth-order valence-corrected chi connectivity index (χ4v) is 4.62. The molecule has 1 aliphatic rings. The number of likely N-dealkylation sites (tertiary alicyclic amines) is 1. The van der Waals surface area contributed by atoms with Gasteiger partial charge in [0.25, 0.3) is 0 Å². The molecular weight excluding hydrogens is 413 g/mol. The number of nitrogens with one attached hydrogen (secondary N) is 2. The Kier molecular flexibility index (Phi) is 7.57. The zero-order chi connectivity index (χ0) is 20.1. The van der Waals surface area contributed by atoms with Gasteiger partial charge in [-0.25, -0.2) is 4.98 Å². The van der Waals surface area contributed by atoms with Gasteiger partial charge in [0.05, 0.1) is 27.3 Å². The number of guanidine groups is 1. The van der Waals surface area contributed by atoms with Crippen molar-refractivity contribution >= 4 is 40.5 Å². The third-order valence-electron chi connectivity index (χ3n) is 4.96. The maximum Gasteiger partial charge on any atom is 0.191 e. The molecule has 1 saturated heterocycles. The van der Waals surface area contributed by atoms with Crippen molar-refractivity contribution in [3.63, 3.8) is 0 Å². The average Bonchev–Trinajstić information content (AvgIpc) is 3.00. The minimum Gasteiger partial charge on any atom is -0.354 e. The first-order valence-electron chi connectivity index (χ1n) is 9.51. The molecule has 28 heavy (non-hydrogen) atoms. The molecule has 152 valence electrons. The second kappa shape index (κ2) is 9.92. The van der Waals surface area contributed by atoms with Gasteiger partial charge in [-0.3, -0.25) is 9.89 Å². The summed E-state index contributed by atoms with van der Waals surface area (Å²) in [6.07, 6.45) is 2.17. The summed E-state index contributed by atoms with van der Waals surface area (Å²) in [7, 11) is 1.82. The first-order valence-corrected chi connectivity index (χ1v) is 11.1. The van der Waals surface area contributed by atoms with E-state index >= 15 is 0 Å². The van der Waals surface area contributed by atoms with Gasteiger partial charge in [0.15, 0.2) is 5.96 Å². The molecule has 1 fully saturated rings. The van der Waals surface area contributed by atoms with E-state index in [-0.39, 0.29) is 0 Å². The molecule has 0 bridgehead atoms. The highest BCUT2D eigenvalue weighted by Gasteiger charge is 2.20. The van der Waals surface area contributed by atoms with Crippen molar-refractivity contribution in [3.8, 4) is 0 Å². The molecule has 2 aromatic rings. The molecule has 2 heterocycles. The summed E-state index contributed by atoms with van der Waals surface area (Å²) in [5.41, 5.74) is 2.30. The fraction of sp³-hybridized carbons (Fsp3) is 0.500. The molecule has 0 amide bonds. The van der Waals surface area contributed by atoms with Gasteiger partial charge in [0.2, 0.25) is 0 Å². The molecule has 8 heteroatoms. The lowest BCUT2D eigenvalue weighted by molar-refractivity contribution is 0.198. The van der Waals surface area contributed by atoms with Gasteiger partial charge < -0.3 is 10.6 Å². The third kappa shape index (κ3) is 5.83. The van der Waals surface area contributed by atoms with Gasteiger partial charge in [0, 0.05) is 37.6 Å². The van der Waals surface area contributed by atoms with Gasteiger partial charge in [-0.1, -0.05) is 29.3 Å². The SMILES string of the molecule is CN=C(NCc1sc(C)nc1C)NC1CCN(Cc2ccc(Cl)c(Cl)c2)CC1. The summed E-state index contributed by atoms with van der Waals surface area (Å²) in [6.45, 7) is 7.85. The number of hydrogen-bond acceptors (Lipinski definition) is 4. The first kappa shape index (κ1) is 21.4. The van der Waals surface area contributed by atoms with Crippen LogP contribution in [0.15, 0.2) is 23.2 Å². The van der Waals surface area contributed by atoms with Crippen molar-refractivity contribution in [2.24, 2.45) is 4.99 Å². The van der Waals surface area contributed by atoms with Crippen LogP contribution in [0.25, 0.3) is 0 Å². The Bertz CT molecular complexity index is 828. The average molecular weight is 440 g/mol. The minimum atomic E-state index is 0.431. The van der Waals surface area contributed by atoms with E-state index < -0.39 is 0 Å². The normalized spacial score (nSPS) is 16.4. The van der Waals surface area contributed by atoms with E-state index in [1.54, 1.807) is 11.3 Å². The standard InChI is InChI=1S/C20H27Cl2N5S/c1-13-19(28-14(2)25-13)11-24-20(23-3)26-16-6-8-27(9-7-16)12-15-4-5-17(21)18(22)10-15/h4-5,10,16H,6-9,11-12H2,1-3H3,(H2,23,24,26). The number of hydrogen-bond donors (Lipinski definition) is 2. The molecule has 1 aliphatic heterocycles. The Morgan fingerprint density at radius 1 is 1.25 bits per heavy atom. The Balaban J connectivity index is 1.44. The monoisotopic (exact) mass is 439 g/mol. The van der Waals surface area contributed by atoms with E-state index in [0.717, 1.165) is 55.7 Å². The second-order valence-corrected chi connectivity index (χ2v) is 9.21. The first-order chi connectivity index (χ1) is 13.4. The van der Waals surface area contributed by atoms with Crippen LogP contribution in [-0.2, 0) is 13.1 Å². The zero-order valence-electron chi connectivity index (χ0n) is 16.6. The van der Waals surface area contributed by atoms with E-state index in [1.807, 2.05) is 32.2 Å². The number of aliphatic imine (C=N–C) groups is 1. The molecule has 0 aliphatic carbocycles. The smallest absolute Gasteiger partial charge is 0.191 e. The summed E-state index contributed by atoms with van der Waals surface area (Å²) < 4.78 is 0. The van der Waals surface area contributed by atoms with Crippen LogP contribution in [0.2, 0.25) is 10.0 Å². The third-order valence-corrected chi connectivity index (χ3v) is 6.77. The van der Waals surface area contributed by atoms with Crippen molar-refractivity contribution in [2.45, 2.75) is 45.8 Å². The number of piperidine rings is 1. The Labute approximate surface area is 181 Å². The van der Waals surface area contributed by atoms with Crippen LogP contribution in [0.1, 0.15) is 34.0 Å². The van der Waals surface area contributed by atoms with Crippen LogP contribution in [0.3, 0.4) is 0 Å².